The van der Waals surface area contributed by atoms with Gasteiger partial charge in [-0.25, -0.2) is 0 Å². The van der Waals surface area contributed by atoms with Crippen molar-refractivity contribution in [3.63, 3.8) is 0 Å². The van der Waals surface area contributed by atoms with Gasteiger partial charge in [0.25, 0.3) is 5.91 Å². The van der Waals surface area contributed by atoms with Crippen LogP contribution in [0.15, 0.2) is 53.5 Å². The highest BCUT2D eigenvalue weighted by Gasteiger charge is 2.50. The largest absolute Gasteiger partial charge is 0.491 e. The second-order valence-corrected chi connectivity index (χ2v) is 9.21. The number of amides is 1. The standard InChI is InChI=1S/C25H27N3O3/c1-24(2,30)16-31-21-8-5-18-14-25(27-22(18)13-21)10-12-28(23(25)29)20-6-3-17(4-7-20)19-9-11-26-15-19/h3-9,13,15,27,30H,10-12,14,16H2,1-2H3. The molecule has 0 radical (unpaired) electrons. The number of ether oxygens (including phenoxy) is 1. The number of aliphatic hydroxyl groups is 1. The fraction of sp³-hybridized carbons (Fsp3) is 0.360. The Labute approximate surface area is 182 Å². The van der Waals surface area contributed by atoms with Crippen LogP contribution in [0.2, 0.25) is 0 Å². The zero-order valence-corrected chi connectivity index (χ0v) is 17.9. The fourth-order valence-corrected chi connectivity index (χ4v) is 4.48. The van der Waals surface area contributed by atoms with E-state index < -0.39 is 11.1 Å². The summed E-state index contributed by atoms with van der Waals surface area (Å²) < 4.78 is 5.72. The van der Waals surface area contributed by atoms with Gasteiger partial charge in [0.2, 0.25) is 0 Å². The number of hydrogen-bond acceptors (Lipinski definition) is 5. The van der Waals surface area contributed by atoms with Crippen molar-refractivity contribution >= 4 is 29.1 Å². The van der Waals surface area contributed by atoms with Crippen LogP contribution >= 0.6 is 0 Å². The first-order valence-electron chi connectivity index (χ1n) is 10.7. The lowest BCUT2D eigenvalue weighted by Crippen LogP contribution is -2.45. The van der Waals surface area contributed by atoms with Crippen LogP contribution in [0.25, 0.3) is 5.57 Å². The minimum atomic E-state index is -0.897. The van der Waals surface area contributed by atoms with E-state index in [1.54, 1.807) is 13.8 Å². The molecule has 31 heavy (non-hydrogen) atoms. The summed E-state index contributed by atoms with van der Waals surface area (Å²) in [6.45, 7) is 5.06. The lowest BCUT2D eigenvalue weighted by Gasteiger charge is -2.24. The van der Waals surface area contributed by atoms with Gasteiger partial charge in [-0.3, -0.25) is 9.79 Å². The minimum Gasteiger partial charge on any atom is -0.491 e. The van der Waals surface area contributed by atoms with E-state index in [2.05, 4.69) is 28.5 Å². The van der Waals surface area contributed by atoms with Gasteiger partial charge in [0.1, 0.15) is 17.9 Å². The van der Waals surface area contributed by atoms with E-state index >= 15 is 0 Å². The average Bonchev–Trinajstić information content (AvgIpc) is 3.46. The molecule has 0 bridgehead atoms. The first-order valence-corrected chi connectivity index (χ1v) is 10.7. The van der Waals surface area contributed by atoms with E-state index in [0.29, 0.717) is 18.7 Å². The first kappa shape index (κ1) is 19.8. The molecule has 3 aliphatic heterocycles. The molecule has 2 aromatic rings. The van der Waals surface area contributed by atoms with Crippen LogP contribution in [-0.4, -0.2) is 48.1 Å². The van der Waals surface area contributed by atoms with Crippen molar-refractivity contribution in [3.8, 4) is 5.75 Å². The monoisotopic (exact) mass is 417 g/mol. The zero-order valence-electron chi connectivity index (χ0n) is 17.9. The maximum atomic E-state index is 13.4. The summed E-state index contributed by atoms with van der Waals surface area (Å²) in [7, 11) is 0. The number of allylic oxidation sites excluding steroid dienone is 1. The van der Waals surface area contributed by atoms with Gasteiger partial charge >= 0.3 is 0 Å². The molecule has 6 heteroatoms. The van der Waals surface area contributed by atoms with Gasteiger partial charge in [0, 0.05) is 36.6 Å². The van der Waals surface area contributed by atoms with E-state index in [4.69, 9.17) is 4.74 Å². The maximum absolute atomic E-state index is 13.4. The fourth-order valence-electron chi connectivity index (χ4n) is 4.48. The highest BCUT2D eigenvalue weighted by atomic mass is 16.5. The highest BCUT2D eigenvalue weighted by molar-refractivity contribution is 6.11. The minimum absolute atomic E-state index is 0.108. The molecule has 0 aliphatic carbocycles. The molecule has 6 nitrogen and oxygen atoms in total. The normalized spacial score (nSPS) is 22.1. The topological polar surface area (TPSA) is 74.2 Å². The Morgan fingerprint density at radius 3 is 2.74 bits per heavy atom. The van der Waals surface area contributed by atoms with Crippen molar-refractivity contribution in [2.24, 2.45) is 4.99 Å². The van der Waals surface area contributed by atoms with Crippen molar-refractivity contribution in [1.82, 2.24) is 0 Å². The Balaban J connectivity index is 1.31. The van der Waals surface area contributed by atoms with Gasteiger partial charge in [0.15, 0.2) is 0 Å². The molecular weight excluding hydrogens is 390 g/mol. The molecule has 1 saturated heterocycles. The molecule has 1 atom stereocenters. The number of fused-ring (bicyclic) bond motifs is 1. The van der Waals surface area contributed by atoms with E-state index in [1.165, 1.54) is 0 Å². The van der Waals surface area contributed by atoms with E-state index in [1.807, 2.05) is 41.4 Å². The van der Waals surface area contributed by atoms with Crippen molar-refractivity contribution in [2.75, 3.05) is 29.9 Å². The van der Waals surface area contributed by atoms with Crippen LogP contribution in [-0.2, 0) is 11.2 Å². The summed E-state index contributed by atoms with van der Waals surface area (Å²) in [6, 6.07) is 14.0. The average molecular weight is 418 g/mol. The van der Waals surface area contributed by atoms with Gasteiger partial charge in [-0.05, 0) is 55.2 Å². The van der Waals surface area contributed by atoms with E-state index in [0.717, 1.165) is 41.0 Å². The van der Waals surface area contributed by atoms with Crippen LogP contribution in [0.3, 0.4) is 0 Å². The predicted molar refractivity (Wildman–Crippen MR) is 123 cm³/mol. The number of rotatable bonds is 5. The number of carbonyl (C=O) groups is 1. The zero-order chi connectivity index (χ0) is 21.6. The smallest absolute Gasteiger partial charge is 0.253 e. The van der Waals surface area contributed by atoms with E-state index in [9.17, 15) is 9.90 Å². The Morgan fingerprint density at radius 2 is 2.03 bits per heavy atom. The van der Waals surface area contributed by atoms with Crippen molar-refractivity contribution in [3.05, 3.63) is 59.7 Å². The van der Waals surface area contributed by atoms with Gasteiger partial charge in [-0.1, -0.05) is 24.3 Å². The molecular formula is C25H27N3O3. The lowest BCUT2D eigenvalue weighted by atomic mass is 9.93. The van der Waals surface area contributed by atoms with E-state index in [-0.39, 0.29) is 12.5 Å². The Morgan fingerprint density at radius 1 is 1.23 bits per heavy atom. The third-order valence-corrected chi connectivity index (χ3v) is 6.12. The molecule has 160 valence electrons. The molecule has 0 saturated carbocycles. The van der Waals surface area contributed by atoms with Crippen LogP contribution in [0.5, 0.6) is 5.75 Å². The number of benzene rings is 2. The molecule has 1 fully saturated rings. The summed E-state index contributed by atoms with van der Waals surface area (Å²) in [5.74, 6) is 0.796. The quantitative estimate of drug-likeness (QED) is 0.782. The lowest BCUT2D eigenvalue weighted by molar-refractivity contribution is -0.120. The van der Waals surface area contributed by atoms with Crippen molar-refractivity contribution in [2.45, 2.75) is 37.8 Å². The van der Waals surface area contributed by atoms with Gasteiger partial charge in [0.05, 0.1) is 12.1 Å². The highest BCUT2D eigenvalue weighted by Crippen LogP contribution is 2.42. The number of nitrogens with zero attached hydrogens (tertiary/aromatic N) is 2. The molecule has 2 aromatic carbocycles. The molecule has 1 amide bonds. The molecule has 1 spiro atoms. The van der Waals surface area contributed by atoms with Crippen LogP contribution < -0.4 is 15.0 Å². The second-order valence-electron chi connectivity index (χ2n) is 9.21. The third kappa shape index (κ3) is 3.72. The second kappa shape index (κ2) is 7.24. The third-order valence-electron chi connectivity index (χ3n) is 6.12. The Hall–Kier alpha value is -3.12. The molecule has 5 rings (SSSR count). The molecule has 3 heterocycles. The predicted octanol–water partition coefficient (Wildman–Crippen LogP) is 3.45. The molecule has 2 N–H and O–H groups in total. The van der Waals surface area contributed by atoms with Crippen LogP contribution in [0.4, 0.5) is 11.4 Å². The summed E-state index contributed by atoms with van der Waals surface area (Å²) in [5.41, 5.74) is 3.73. The molecule has 3 aliphatic rings. The maximum Gasteiger partial charge on any atom is 0.253 e. The summed E-state index contributed by atoms with van der Waals surface area (Å²) in [6.07, 6.45) is 5.42. The number of carbonyl (C=O) groups excluding carboxylic acids is 1. The number of hydrogen-bond donors (Lipinski definition) is 2. The van der Waals surface area contributed by atoms with Gasteiger partial charge < -0.3 is 20.1 Å². The van der Waals surface area contributed by atoms with Crippen LogP contribution in [0, 0.1) is 0 Å². The summed E-state index contributed by atoms with van der Waals surface area (Å²) in [5, 5.41) is 13.4. The number of aliphatic imine (C=N–C) groups is 1. The molecule has 1 unspecified atom stereocenters. The van der Waals surface area contributed by atoms with Crippen LogP contribution in [0.1, 0.15) is 31.4 Å². The van der Waals surface area contributed by atoms with Gasteiger partial charge in [-0.2, -0.15) is 0 Å². The first-order chi connectivity index (χ1) is 14.8. The van der Waals surface area contributed by atoms with Gasteiger partial charge in [-0.15, -0.1) is 0 Å². The van der Waals surface area contributed by atoms with Crippen molar-refractivity contribution in [1.29, 1.82) is 0 Å². The summed E-state index contributed by atoms with van der Waals surface area (Å²) in [4.78, 5) is 19.6. The Kier molecular flexibility index (Phi) is 4.63. The summed E-state index contributed by atoms with van der Waals surface area (Å²) >= 11 is 0. The number of anilines is 2. The SMILES string of the molecule is CC(C)(O)COc1ccc2c(c1)NC1(CCN(c3ccc(C4=CCN=C4)cc3)C1=O)C2. The number of nitrogens with one attached hydrogen (secondary N) is 1. The van der Waals surface area contributed by atoms with Crippen molar-refractivity contribution < 1.29 is 14.6 Å². The molecule has 0 aromatic heterocycles. The Bertz CT molecular complexity index is 1080.